The Hall–Kier alpha value is -0.330. The highest BCUT2D eigenvalue weighted by Crippen LogP contribution is 2.27. The molecule has 0 aliphatic heterocycles. The van der Waals surface area contributed by atoms with Gasteiger partial charge in [0.05, 0.1) is 0 Å². The van der Waals surface area contributed by atoms with Gasteiger partial charge in [0.2, 0.25) is 0 Å². The zero-order valence-electron chi connectivity index (χ0n) is 10.5. The summed E-state index contributed by atoms with van der Waals surface area (Å²) in [6.45, 7) is 2.09. The zero-order valence-corrected chi connectivity index (χ0v) is 10.5. The quantitative estimate of drug-likeness (QED) is 0.650. The number of halogens is 3. The van der Waals surface area contributed by atoms with E-state index in [2.05, 4.69) is 0 Å². The molecule has 0 aromatic carbocycles. The van der Waals surface area contributed by atoms with Gasteiger partial charge in [-0.05, 0) is 39.3 Å². The highest BCUT2D eigenvalue weighted by Gasteiger charge is 2.45. The summed E-state index contributed by atoms with van der Waals surface area (Å²) in [5.41, 5.74) is 5.53. The number of unbranched alkanes of at least 4 members (excludes halogenated alkanes) is 2. The third-order valence-electron chi connectivity index (χ3n) is 2.86. The summed E-state index contributed by atoms with van der Waals surface area (Å²) >= 11 is 0. The van der Waals surface area contributed by atoms with E-state index in [0.29, 0.717) is 25.8 Å². The van der Waals surface area contributed by atoms with Gasteiger partial charge in [0.1, 0.15) is 6.04 Å². The number of hydrogen-bond donors (Lipinski definition) is 2. The van der Waals surface area contributed by atoms with Gasteiger partial charge in [-0.15, -0.1) is 0 Å². The van der Waals surface area contributed by atoms with Crippen LogP contribution < -0.4 is 5.73 Å². The molecule has 0 spiro atoms. The summed E-state index contributed by atoms with van der Waals surface area (Å²) in [4.78, 5) is 1.27. The van der Waals surface area contributed by atoms with Gasteiger partial charge in [-0.2, -0.15) is 13.2 Å². The van der Waals surface area contributed by atoms with Crippen molar-refractivity contribution in [1.29, 1.82) is 0 Å². The van der Waals surface area contributed by atoms with Crippen molar-refractivity contribution in [3.63, 3.8) is 0 Å². The van der Waals surface area contributed by atoms with Crippen LogP contribution in [0.15, 0.2) is 0 Å². The van der Waals surface area contributed by atoms with E-state index in [4.69, 9.17) is 10.8 Å². The summed E-state index contributed by atoms with van der Waals surface area (Å²) in [6.07, 6.45) is -2.00. The summed E-state index contributed by atoms with van der Waals surface area (Å²) in [5, 5.41) is 8.58. The van der Waals surface area contributed by atoms with Crippen molar-refractivity contribution in [1.82, 2.24) is 4.90 Å². The molecule has 0 radical (unpaired) electrons. The van der Waals surface area contributed by atoms with Gasteiger partial charge in [0.25, 0.3) is 0 Å². The van der Waals surface area contributed by atoms with E-state index in [-0.39, 0.29) is 6.61 Å². The van der Waals surface area contributed by atoms with Crippen LogP contribution in [0.2, 0.25) is 0 Å². The molecule has 0 amide bonds. The highest BCUT2D eigenvalue weighted by molar-refractivity contribution is 4.86. The molecule has 0 heterocycles. The van der Waals surface area contributed by atoms with Crippen LogP contribution in [0.25, 0.3) is 0 Å². The Bertz CT molecular complexity index is 200. The van der Waals surface area contributed by atoms with Crippen LogP contribution in [0.1, 0.15) is 32.6 Å². The Kier molecular flexibility index (Phi) is 7.74. The molecule has 6 heteroatoms. The van der Waals surface area contributed by atoms with Gasteiger partial charge in [0, 0.05) is 12.6 Å². The molecule has 0 saturated carbocycles. The number of likely N-dealkylation sites (N-methyl/N-ethyl adjacent to an activating group) is 1. The first-order valence-corrected chi connectivity index (χ1v) is 5.98. The van der Waals surface area contributed by atoms with Crippen molar-refractivity contribution in [2.24, 2.45) is 5.73 Å². The zero-order chi connectivity index (χ0) is 13.5. The van der Waals surface area contributed by atoms with Crippen LogP contribution >= 0.6 is 0 Å². The van der Waals surface area contributed by atoms with Crippen molar-refractivity contribution in [2.75, 3.05) is 20.2 Å². The standard InChI is InChI=1S/C11H23F3N2O/c1-3-9(15)10(11(12,13)14)16(2)7-5-4-6-8-17/h9-10,17H,3-8,15H2,1-2H3. The van der Waals surface area contributed by atoms with Crippen molar-refractivity contribution >= 4 is 0 Å². The van der Waals surface area contributed by atoms with Crippen LogP contribution in [0.3, 0.4) is 0 Å². The minimum absolute atomic E-state index is 0.0842. The minimum Gasteiger partial charge on any atom is -0.396 e. The van der Waals surface area contributed by atoms with E-state index in [0.717, 1.165) is 6.42 Å². The van der Waals surface area contributed by atoms with Crippen molar-refractivity contribution in [2.45, 2.75) is 50.9 Å². The lowest BCUT2D eigenvalue weighted by Crippen LogP contribution is -2.54. The highest BCUT2D eigenvalue weighted by atomic mass is 19.4. The molecular formula is C11H23F3N2O. The Morgan fingerprint density at radius 2 is 1.82 bits per heavy atom. The van der Waals surface area contributed by atoms with Crippen LogP contribution in [0, 0.1) is 0 Å². The van der Waals surface area contributed by atoms with Crippen molar-refractivity contribution in [3.8, 4) is 0 Å². The van der Waals surface area contributed by atoms with Gasteiger partial charge in [-0.3, -0.25) is 4.90 Å². The molecule has 2 atom stereocenters. The van der Waals surface area contributed by atoms with Crippen LogP contribution in [-0.4, -0.2) is 48.5 Å². The molecule has 3 nitrogen and oxygen atoms in total. The van der Waals surface area contributed by atoms with E-state index >= 15 is 0 Å². The van der Waals surface area contributed by atoms with E-state index in [1.807, 2.05) is 0 Å². The van der Waals surface area contributed by atoms with Crippen LogP contribution in [0.4, 0.5) is 13.2 Å². The molecule has 0 aliphatic carbocycles. The second kappa shape index (κ2) is 7.89. The van der Waals surface area contributed by atoms with E-state index < -0.39 is 18.3 Å². The first kappa shape index (κ1) is 16.7. The van der Waals surface area contributed by atoms with Crippen molar-refractivity contribution < 1.29 is 18.3 Å². The molecule has 0 aromatic rings. The molecule has 3 N–H and O–H groups in total. The van der Waals surface area contributed by atoms with Gasteiger partial charge in [-0.1, -0.05) is 6.92 Å². The molecule has 104 valence electrons. The van der Waals surface area contributed by atoms with Crippen molar-refractivity contribution in [3.05, 3.63) is 0 Å². The largest absolute Gasteiger partial charge is 0.405 e. The molecule has 0 bridgehead atoms. The molecule has 0 rings (SSSR count). The third kappa shape index (κ3) is 6.24. The molecular weight excluding hydrogens is 233 g/mol. The Morgan fingerprint density at radius 1 is 1.24 bits per heavy atom. The number of aliphatic hydroxyl groups excluding tert-OH is 1. The van der Waals surface area contributed by atoms with E-state index in [9.17, 15) is 13.2 Å². The molecule has 0 aliphatic rings. The van der Waals surface area contributed by atoms with E-state index in [1.54, 1.807) is 6.92 Å². The molecule has 17 heavy (non-hydrogen) atoms. The predicted molar refractivity (Wildman–Crippen MR) is 61.7 cm³/mol. The van der Waals surface area contributed by atoms with Gasteiger partial charge in [-0.25, -0.2) is 0 Å². The summed E-state index contributed by atoms with van der Waals surface area (Å²) in [6, 6.07) is -2.47. The Labute approximate surface area is 101 Å². The maximum Gasteiger partial charge on any atom is 0.405 e. The van der Waals surface area contributed by atoms with Crippen LogP contribution in [0.5, 0.6) is 0 Å². The van der Waals surface area contributed by atoms with Crippen LogP contribution in [-0.2, 0) is 0 Å². The predicted octanol–water partition coefficient (Wildman–Crippen LogP) is 1.75. The SMILES string of the molecule is CCC(N)C(N(C)CCCCCO)C(F)(F)F. The molecule has 0 saturated heterocycles. The second-order valence-electron chi connectivity index (χ2n) is 4.32. The fraction of sp³-hybridized carbons (Fsp3) is 1.00. The number of rotatable bonds is 8. The lowest BCUT2D eigenvalue weighted by molar-refractivity contribution is -0.186. The topological polar surface area (TPSA) is 49.5 Å². The maximum atomic E-state index is 12.8. The average molecular weight is 256 g/mol. The number of alkyl halides is 3. The third-order valence-corrected chi connectivity index (χ3v) is 2.86. The number of hydrogen-bond acceptors (Lipinski definition) is 3. The first-order valence-electron chi connectivity index (χ1n) is 5.98. The Balaban J connectivity index is 4.29. The average Bonchev–Trinajstić information content (AvgIpc) is 2.22. The second-order valence-corrected chi connectivity index (χ2v) is 4.32. The maximum absolute atomic E-state index is 12.8. The fourth-order valence-electron chi connectivity index (χ4n) is 1.83. The fourth-order valence-corrected chi connectivity index (χ4v) is 1.83. The number of nitrogens with zero attached hydrogens (tertiary/aromatic N) is 1. The number of aliphatic hydroxyl groups is 1. The summed E-state index contributed by atoms with van der Waals surface area (Å²) < 4.78 is 38.5. The minimum atomic E-state index is -4.29. The first-order chi connectivity index (χ1) is 7.84. The molecule has 2 unspecified atom stereocenters. The monoisotopic (exact) mass is 256 g/mol. The molecule has 0 aromatic heterocycles. The lowest BCUT2D eigenvalue weighted by atomic mass is 10.0. The van der Waals surface area contributed by atoms with Gasteiger partial charge < -0.3 is 10.8 Å². The summed E-state index contributed by atoms with van der Waals surface area (Å²) in [5.74, 6) is 0. The van der Waals surface area contributed by atoms with E-state index in [1.165, 1.54) is 11.9 Å². The lowest BCUT2D eigenvalue weighted by Gasteiger charge is -2.33. The normalized spacial score (nSPS) is 16.2. The van der Waals surface area contributed by atoms with Gasteiger partial charge >= 0.3 is 6.18 Å². The smallest absolute Gasteiger partial charge is 0.396 e. The Morgan fingerprint density at radius 3 is 2.24 bits per heavy atom. The number of nitrogens with two attached hydrogens (primary N) is 1. The molecule has 0 fully saturated rings. The van der Waals surface area contributed by atoms with Gasteiger partial charge in [0.15, 0.2) is 0 Å². The summed E-state index contributed by atoms with van der Waals surface area (Å²) in [7, 11) is 1.45.